The number of allylic oxidation sites excluding steroid dienone is 2. The molecular formula is C33H56NS2+. The van der Waals surface area contributed by atoms with Gasteiger partial charge in [-0.1, -0.05) is 83.2 Å². The second-order valence-corrected chi connectivity index (χ2v) is 16.4. The van der Waals surface area contributed by atoms with Gasteiger partial charge in [0.1, 0.15) is 7.05 Å². The maximum Gasteiger partial charge on any atom is 0.225 e. The number of nitrogens with zero attached hydrogens (tertiary/aromatic N) is 1. The second kappa shape index (κ2) is 11.9. The molecule has 204 valence electrons. The third-order valence-electron chi connectivity index (χ3n) is 11.5. The van der Waals surface area contributed by atoms with Crippen LogP contribution in [0, 0.1) is 46.3 Å². The monoisotopic (exact) mass is 530 g/mol. The molecule has 36 heavy (non-hydrogen) atoms. The van der Waals surface area contributed by atoms with Gasteiger partial charge in [-0.05, 0) is 104 Å². The minimum absolute atomic E-state index is 0.474. The summed E-state index contributed by atoms with van der Waals surface area (Å²) in [6.07, 6.45) is 21.6. The Balaban J connectivity index is 1.41. The van der Waals surface area contributed by atoms with Gasteiger partial charge in [-0.25, -0.2) is 0 Å². The summed E-state index contributed by atoms with van der Waals surface area (Å²) in [5, 5.41) is 2.20. The Hall–Kier alpha value is -0.150. The van der Waals surface area contributed by atoms with Gasteiger partial charge in [0.15, 0.2) is 6.20 Å². The molecule has 4 aliphatic rings. The van der Waals surface area contributed by atoms with Crippen LogP contribution in [0.2, 0.25) is 0 Å². The molecule has 0 N–H and O–H groups in total. The summed E-state index contributed by atoms with van der Waals surface area (Å²) in [6, 6.07) is 0. The van der Waals surface area contributed by atoms with Crippen molar-refractivity contribution in [2.45, 2.75) is 124 Å². The number of hydrogen-bond donors (Lipinski definition) is 0. The largest absolute Gasteiger partial charge is 0.225 e. The second-order valence-electron chi connectivity index (χ2n) is 13.9. The lowest BCUT2D eigenvalue weighted by molar-refractivity contribution is -0.419. The summed E-state index contributed by atoms with van der Waals surface area (Å²) in [6.45, 7) is 19.0. The van der Waals surface area contributed by atoms with E-state index in [0.717, 1.165) is 47.2 Å². The van der Waals surface area contributed by atoms with Crippen LogP contribution in [0.4, 0.5) is 0 Å². The van der Waals surface area contributed by atoms with Crippen molar-refractivity contribution in [1.82, 2.24) is 0 Å². The van der Waals surface area contributed by atoms with Crippen molar-refractivity contribution in [2.75, 3.05) is 7.05 Å². The zero-order chi connectivity index (χ0) is 26.1. The summed E-state index contributed by atoms with van der Waals surface area (Å²) in [7, 11) is 6.27. The van der Waals surface area contributed by atoms with Crippen molar-refractivity contribution in [3.8, 4) is 0 Å². The minimum Gasteiger partial charge on any atom is -0.199 e. The van der Waals surface area contributed by atoms with E-state index in [0.29, 0.717) is 10.8 Å². The maximum atomic E-state index is 3.96. The molecule has 4 rings (SSSR count). The molecule has 0 radical (unpaired) electrons. The molecule has 8 atom stereocenters. The third kappa shape index (κ3) is 5.59. The van der Waals surface area contributed by atoms with Gasteiger partial charge in [0.05, 0.1) is 0 Å². The van der Waals surface area contributed by atoms with Crippen LogP contribution >= 0.6 is 21.6 Å². The van der Waals surface area contributed by atoms with Crippen molar-refractivity contribution in [3.05, 3.63) is 24.4 Å². The molecule has 4 aliphatic carbocycles. The predicted octanol–water partition coefficient (Wildman–Crippen LogP) is 10.4. The Bertz CT molecular complexity index is 843. The smallest absolute Gasteiger partial charge is 0.199 e. The van der Waals surface area contributed by atoms with Crippen LogP contribution in [0.1, 0.15) is 119 Å². The molecule has 3 fully saturated rings. The van der Waals surface area contributed by atoms with Gasteiger partial charge in [-0.3, -0.25) is 0 Å². The molecule has 1 nitrogen and oxygen atoms in total. The topological polar surface area (TPSA) is 3.01 Å². The first-order valence-electron chi connectivity index (χ1n) is 15.4. The van der Waals surface area contributed by atoms with Crippen molar-refractivity contribution in [3.63, 3.8) is 0 Å². The van der Waals surface area contributed by atoms with E-state index in [-0.39, 0.29) is 0 Å². The molecule has 0 spiro atoms. The SMILES string of the molecule is C=C[N+](C)=C(CC)SS[C@H]1CC[C@@]2(C)C(=CC[C@@H]3C2CC[C@]2(C)[C@@H]([C@H](C)CCCC(C)C)CC[C@@H]32)C1. The van der Waals surface area contributed by atoms with E-state index in [4.69, 9.17) is 0 Å². The molecule has 0 aromatic carbocycles. The molecule has 3 saturated carbocycles. The number of hydrogen-bond acceptors (Lipinski definition) is 2. The zero-order valence-electron chi connectivity index (χ0n) is 24.7. The summed E-state index contributed by atoms with van der Waals surface area (Å²) in [5.74, 6) is 5.60. The highest BCUT2D eigenvalue weighted by Gasteiger charge is 2.59. The van der Waals surface area contributed by atoms with Gasteiger partial charge in [-0.15, -0.1) is 0 Å². The van der Waals surface area contributed by atoms with E-state index in [1.165, 1.54) is 75.7 Å². The van der Waals surface area contributed by atoms with Gasteiger partial charge < -0.3 is 0 Å². The highest BCUT2D eigenvalue weighted by atomic mass is 33.1. The lowest BCUT2D eigenvalue weighted by Gasteiger charge is -2.58. The van der Waals surface area contributed by atoms with Gasteiger partial charge in [0.2, 0.25) is 5.04 Å². The Morgan fingerprint density at radius 2 is 1.89 bits per heavy atom. The van der Waals surface area contributed by atoms with Crippen LogP contribution in [0.3, 0.4) is 0 Å². The fourth-order valence-corrected chi connectivity index (χ4v) is 12.3. The molecule has 0 bridgehead atoms. The highest BCUT2D eigenvalue weighted by Crippen LogP contribution is 2.67. The lowest BCUT2D eigenvalue weighted by atomic mass is 9.47. The molecule has 3 heteroatoms. The van der Waals surface area contributed by atoms with Crippen LogP contribution in [0.5, 0.6) is 0 Å². The van der Waals surface area contributed by atoms with Crippen molar-refractivity contribution >= 4 is 26.6 Å². The summed E-state index contributed by atoms with van der Waals surface area (Å²) < 4.78 is 2.20. The van der Waals surface area contributed by atoms with Crippen molar-refractivity contribution in [2.24, 2.45) is 46.3 Å². The highest BCUT2D eigenvalue weighted by molar-refractivity contribution is 8.82. The van der Waals surface area contributed by atoms with Crippen molar-refractivity contribution < 1.29 is 4.58 Å². The average molecular weight is 531 g/mol. The fraction of sp³-hybridized carbons (Fsp3) is 0.848. The van der Waals surface area contributed by atoms with E-state index in [9.17, 15) is 0 Å². The molecule has 0 aromatic rings. The number of fused-ring (bicyclic) bond motifs is 5. The molecule has 1 unspecified atom stereocenters. The van der Waals surface area contributed by atoms with Gasteiger partial charge in [-0.2, -0.15) is 4.58 Å². The Kier molecular flexibility index (Phi) is 9.56. The normalized spacial score (nSPS) is 39.6. The van der Waals surface area contributed by atoms with Gasteiger partial charge in [0.25, 0.3) is 0 Å². The molecular weight excluding hydrogens is 475 g/mol. The summed E-state index contributed by atoms with van der Waals surface area (Å²) >= 11 is 0. The van der Waals surface area contributed by atoms with Gasteiger partial charge in [0, 0.05) is 22.5 Å². The van der Waals surface area contributed by atoms with Crippen LogP contribution in [-0.4, -0.2) is 21.9 Å². The lowest BCUT2D eigenvalue weighted by Crippen LogP contribution is -2.50. The number of rotatable bonds is 9. The predicted molar refractivity (Wildman–Crippen MR) is 164 cm³/mol. The molecule has 0 amide bonds. The average Bonchev–Trinajstić information content (AvgIpc) is 3.21. The fourth-order valence-electron chi connectivity index (χ4n) is 9.33. The quantitative estimate of drug-likeness (QED) is 0.0958. The molecule has 0 aliphatic heterocycles. The first-order valence-corrected chi connectivity index (χ1v) is 17.6. The first-order chi connectivity index (χ1) is 17.1. The summed E-state index contributed by atoms with van der Waals surface area (Å²) in [5.41, 5.74) is 2.92. The van der Waals surface area contributed by atoms with Crippen molar-refractivity contribution in [1.29, 1.82) is 0 Å². The Morgan fingerprint density at radius 1 is 1.11 bits per heavy atom. The van der Waals surface area contributed by atoms with E-state index in [1.807, 2.05) is 22.6 Å². The molecule has 0 aromatic heterocycles. The zero-order valence-corrected chi connectivity index (χ0v) is 26.3. The van der Waals surface area contributed by atoms with Crippen LogP contribution < -0.4 is 0 Å². The Labute approximate surface area is 232 Å². The molecule has 0 heterocycles. The molecule has 0 saturated heterocycles. The first kappa shape index (κ1) is 28.8. The van der Waals surface area contributed by atoms with E-state index in [2.05, 4.69) is 76.6 Å². The standard InChI is InChI=1S/C33H56NS2/c1-9-31(34(8)10-2)36-35-26-18-20-32(6)25(22-26)14-15-27-29-17-16-28(24(5)13-11-12-23(3)4)33(29,7)21-19-30(27)32/h10,14,23-24,26-30H,2,9,11-13,15-22H2,1,3-8H3/q+1/t24-,26+,27+,28-,29+,30?,32+,33-/m1/s1. The third-order valence-corrected chi connectivity index (χ3v) is 14.7. The maximum absolute atomic E-state index is 3.96. The van der Waals surface area contributed by atoms with Crippen LogP contribution in [-0.2, 0) is 0 Å². The van der Waals surface area contributed by atoms with E-state index in [1.54, 1.807) is 0 Å². The van der Waals surface area contributed by atoms with E-state index >= 15 is 0 Å². The minimum atomic E-state index is 0.474. The Morgan fingerprint density at radius 3 is 2.58 bits per heavy atom. The summed E-state index contributed by atoms with van der Waals surface area (Å²) in [4.78, 5) is 0. The van der Waals surface area contributed by atoms with Crippen LogP contribution in [0.15, 0.2) is 24.4 Å². The van der Waals surface area contributed by atoms with Gasteiger partial charge >= 0.3 is 0 Å². The van der Waals surface area contributed by atoms with Crippen LogP contribution in [0.25, 0.3) is 0 Å². The van der Waals surface area contributed by atoms with E-state index < -0.39 is 0 Å².